The number of carbonyl (C=O) groups excluding carboxylic acids is 1. The highest BCUT2D eigenvalue weighted by Crippen LogP contribution is 2.39. The SMILES string of the molecule is CCc1ccc(N[C@@H]2NC(=O)/C(=C\c3cc(-c4ccccc4)n(-c4ccc(Br)cc4)c3-c3ccccc3)S2)cc1. The van der Waals surface area contributed by atoms with E-state index in [0.717, 1.165) is 50.3 Å². The first-order valence-electron chi connectivity index (χ1n) is 13.3. The maximum Gasteiger partial charge on any atom is 0.260 e. The van der Waals surface area contributed by atoms with Gasteiger partial charge >= 0.3 is 0 Å². The maximum atomic E-state index is 13.1. The number of aryl methyl sites for hydroxylation is 1. The van der Waals surface area contributed by atoms with Gasteiger partial charge < -0.3 is 15.2 Å². The average molecular weight is 607 g/mol. The van der Waals surface area contributed by atoms with E-state index in [1.165, 1.54) is 17.3 Å². The summed E-state index contributed by atoms with van der Waals surface area (Å²) in [5.41, 5.74) is 8.33. The van der Waals surface area contributed by atoms with Crippen molar-refractivity contribution in [1.82, 2.24) is 9.88 Å². The molecule has 0 saturated carbocycles. The molecular weight excluding hydrogens is 578 g/mol. The molecule has 0 aliphatic carbocycles. The number of amides is 1. The molecule has 1 fully saturated rings. The highest BCUT2D eigenvalue weighted by Gasteiger charge is 2.28. The molecule has 0 unspecified atom stereocenters. The lowest BCUT2D eigenvalue weighted by Gasteiger charge is -2.15. The minimum Gasteiger partial charge on any atom is -0.357 e. The second kappa shape index (κ2) is 11.6. The quantitative estimate of drug-likeness (QED) is 0.182. The monoisotopic (exact) mass is 605 g/mol. The molecule has 198 valence electrons. The minimum absolute atomic E-state index is 0.0793. The van der Waals surface area contributed by atoms with Crippen molar-refractivity contribution in [1.29, 1.82) is 0 Å². The summed E-state index contributed by atoms with van der Waals surface area (Å²) in [6.07, 6.45) is 3.02. The summed E-state index contributed by atoms with van der Waals surface area (Å²) >= 11 is 5.08. The van der Waals surface area contributed by atoms with Crippen LogP contribution in [0.2, 0.25) is 0 Å². The Morgan fingerprint density at radius 3 is 2.17 bits per heavy atom. The molecule has 1 aliphatic rings. The van der Waals surface area contributed by atoms with E-state index in [1.54, 1.807) is 0 Å². The topological polar surface area (TPSA) is 46.1 Å². The van der Waals surface area contributed by atoms with Gasteiger partial charge in [-0.1, -0.05) is 107 Å². The molecule has 1 atom stereocenters. The van der Waals surface area contributed by atoms with Crippen LogP contribution in [-0.4, -0.2) is 16.0 Å². The van der Waals surface area contributed by atoms with Crippen LogP contribution >= 0.6 is 27.7 Å². The number of halogens is 1. The zero-order valence-electron chi connectivity index (χ0n) is 22.0. The fraction of sp³-hybridized carbons (Fsp3) is 0.0882. The molecule has 40 heavy (non-hydrogen) atoms. The van der Waals surface area contributed by atoms with E-state index in [2.05, 4.69) is 129 Å². The second-order valence-corrected chi connectivity index (χ2v) is 11.6. The van der Waals surface area contributed by atoms with Crippen LogP contribution < -0.4 is 10.6 Å². The summed E-state index contributed by atoms with van der Waals surface area (Å²) in [5.74, 6) is -0.0793. The van der Waals surface area contributed by atoms with Crippen LogP contribution in [0.5, 0.6) is 0 Å². The van der Waals surface area contributed by atoms with Gasteiger partial charge in [0, 0.05) is 21.4 Å². The third kappa shape index (κ3) is 5.51. The standard InChI is InChI=1S/C34H28BrN3OS/c1-2-23-13-17-28(18-14-23)36-34-37-33(39)31(40-34)22-26-21-30(24-9-5-3-6-10-24)38(29-19-15-27(35)16-20-29)32(26)25-11-7-4-8-12-25/h3-22,34,36H,2H2,1H3,(H,37,39)/b31-22+/t34-/m1/s1. The molecule has 4 nitrogen and oxygen atoms in total. The summed E-state index contributed by atoms with van der Waals surface area (Å²) in [5, 5.41) is 6.52. The van der Waals surface area contributed by atoms with Crippen LogP contribution in [0.3, 0.4) is 0 Å². The van der Waals surface area contributed by atoms with Gasteiger partial charge in [-0.2, -0.15) is 0 Å². The van der Waals surface area contributed by atoms with E-state index >= 15 is 0 Å². The molecule has 0 radical (unpaired) electrons. The molecule has 6 rings (SSSR count). The van der Waals surface area contributed by atoms with Crippen LogP contribution in [0.15, 0.2) is 125 Å². The van der Waals surface area contributed by atoms with Crippen LogP contribution in [0, 0.1) is 0 Å². The molecule has 0 bridgehead atoms. The van der Waals surface area contributed by atoms with E-state index in [4.69, 9.17) is 0 Å². The van der Waals surface area contributed by atoms with Crippen molar-refractivity contribution >= 4 is 45.4 Å². The number of nitrogens with zero attached hydrogens (tertiary/aromatic N) is 1. The van der Waals surface area contributed by atoms with Gasteiger partial charge in [-0.25, -0.2) is 0 Å². The largest absolute Gasteiger partial charge is 0.357 e. The first kappa shape index (κ1) is 26.2. The third-order valence-electron chi connectivity index (χ3n) is 6.91. The minimum atomic E-state index is -0.242. The number of anilines is 1. The van der Waals surface area contributed by atoms with Crippen molar-refractivity contribution in [2.75, 3.05) is 5.32 Å². The number of nitrogens with one attached hydrogen (secondary N) is 2. The van der Waals surface area contributed by atoms with Gasteiger partial charge in [-0.05, 0) is 71.7 Å². The van der Waals surface area contributed by atoms with E-state index in [9.17, 15) is 4.79 Å². The molecular formula is C34H28BrN3OS. The first-order valence-corrected chi connectivity index (χ1v) is 14.9. The molecule has 1 amide bonds. The molecule has 6 heteroatoms. The molecule has 5 aromatic rings. The van der Waals surface area contributed by atoms with Crippen molar-refractivity contribution in [2.45, 2.75) is 18.8 Å². The number of carbonyl (C=O) groups is 1. The van der Waals surface area contributed by atoms with Crippen molar-refractivity contribution in [3.63, 3.8) is 0 Å². The summed E-state index contributed by atoms with van der Waals surface area (Å²) in [6, 6.07) is 39.6. The molecule has 0 spiro atoms. The van der Waals surface area contributed by atoms with Crippen molar-refractivity contribution in [3.05, 3.63) is 136 Å². The van der Waals surface area contributed by atoms with Crippen LogP contribution in [0.25, 0.3) is 34.3 Å². The van der Waals surface area contributed by atoms with Crippen molar-refractivity contribution in [3.8, 4) is 28.2 Å². The normalized spacial score (nSPS) is 15.8. The Morgan fingerprint density at radius 1 is 0.875 bits per heavy atom. The Balaban J connectivity index is 1.45. The smallest absolute Gasteiger partial charge is 0.260 e. The Hall–Kier alpha value is -4.00. The molecule has 1 saturated heterocycles. The number of hydrogen-bond donors (Lipinski definition) is 2. The van der Waals surface area contributed by atoms with E-state index in [1.807, 2.05) is 30.3 Å². The zero-order chi connectivity index (χ0) is 27.5. The lowest BCUT2D eigenvalue weighted by Crippen LogP contribution is -2.30. The average Bonchev–Trinajstić information content (AvgIpc) is 3.54. The summed E-state index contributed by atoms with van der Waals surface area (Å²) in [4.78, 5) is 13.8. The predicted molar refractivity (Wildman–Crippen MR) is 171 cm³/mol. The lowest BCUT2D eigenvalue weighted by atomic mass is 10.1. The van der Waals surface area contributed by atoms with Crippen LogP contribution in [-0.2, 0) is 11.2 Å². The van der Waals surface area contributed by atoms with Crippen molar-refractivity contribution in [2.24, 2.45) is 0 Å². The molecule has 2 N–H and O–H groups in total. The van der Waals surface area contributed by atoms with Crippen LogP contribution in [0.4, 0.5) is 5.69 Å². The maximum absolute atomic E-state index is 13.1. The van der Waals surface area contributed by atoms with E-state index < -0.39 is 0 Å². The molecule has 1 aliphatic heterocycles. The second-order valence-electron chi connectivity index (χ2n) is 9.55. The van der Waals surface area contributed by atoms with Gasteiger partial charge in [0.25, 0.3) is 5.91 Å². The number of hydrogen-bond acceptors (Lipinski definition) is 3. The molecule has 2 heterocycles. The number of thioether (sulfide) groups is 1. The Labute approximate surface area is 247 Å². The number of rotatable bonds is 7. The third-order valence-corrected chi connectivity index (χ3v) is 8.47. The fourth-order valence-electron chi connectivity index (χ4n) is 4.91. The van der Waals surface area contributed by atoms with Gasteiger partial charge in [-0.3, -0.25) is 4.79 Å². The Bertz CT molecular complexity index is 1660. The van der Waals surface area contributed by atoms with Gasteiger partial charge in [0.1, 0.15) is 0 Å². The molecule has 1 aromatic heterocycles. The Kier molecular flexibility index (Phi) is 7.62. The summed E-state index contributed by atoms with van der Waals surface area (Å²) in [6.45, 7) is 2.14. The Morgan fingerprint density at radius 2 is 1.52 bits per heavy atom. The van der Waals surface area contributed by atoms with Crippen LogP contribution in [0.1, 0.15) is 18.1 Å². The number of aromatic nitrogens is 1. The fourth-order valence-corrected chi connectivity index (χ4v) is 6.15. The van der Waals surface area contributed by atoms with Gasteiger partial charge in [0.05, 0.1) is 16.3 Å². The van der Waals surface area contributed by atoms with E-state index in [-0.39, 0.29) is 11.4 Å². The molecule has 4 aromatic carbocycles. The van der Waals surface area contributed by atoms with Gasteiger partial charge in [0.2, 0.25) is 0 Å². The number of benzene rings is 4. The van der Waals surface area contributed by atoms with Gasteiger partial charge in [-0.15, -0.1) is 0 Å². The summed E-state index contributed by atoms with van der Waals surface area (Å²) in [7, 11) is 0. The predicted octanol–water partition coefficient (Wildman–Crippen LogP) is 8.74. The summed E-state index contributed by atoms with van der Waals surface area (Å²) < 4.78 is 3.31. The highest BCUT2D eigenvalue weighted by atomic mass is 79.9. The van der Waals surface area contributed by atoms with Gasteiger partial charge in [0.15, 0.2) is 5.50 Å². The first-order chi connectivity index (χ1) is 19.6. The lowest BCUT2D eigenvalue weighted by molar-refractivity contribution is -0.116. The zero-order valence-corrected chi connectivity index (χ0v) is 24.4. The highest BCUT2D eigenvalue weighted by molar-refractivity contribution is 9.10. The van der Waals surface area contributed by atoms with Crippen molar-refractivity contribution < 1.29 is 4.79 Å². The van der Waals surface area contributed by atoms with E-state index in [0.29, 0.717) is 4.91 Å².